The molecule has 0 aliphatic carbocycles. The van der Waals surface area contributed by atoms with E-state index >= 15 is 0 Å². The fourth-order valence-corrected chi connectivity index (χ4v) is 7.12. The molecule has 2 aliphatic heterocycles. The summed E-state index contributed by atoms with van der Waals surface area (Å²) in [4.78, 5) is 17.5. The van der Waals surface area contributed by atoms with Crippen molar-refractivity contribution in [3.05, 3.63) is 46.8 Å². The van der Waals surface area contributed by atoms with E-state index in [1.807, 2.05) is 0 Å². The van der Waals surface area contributed by atoms with Gasteiger partial charge in [-0.25, -0.2) is 8.42 Å². The van der Waals surface area contributed by atoms with E-state index in [4.69, 9.17) is 4.74 Å². The van der Waals surface area contributed by atoms with Crippen LogP contribution in [0.3, 0.4) is 0 Å². The summed E-state index contributed by atoms with van der Waals surface area (Å²) in [5.41, 5.74) is 2.24. The van der Waals surface area contributed by atoms with Crippen LogP contribution in [0.4, 0.5) is 5.69 Å². The average Bonchev–Trinajstić information content (AvgIpc) is 3.30. The van der Waals surface area contributed by atoms with Gasteiger partial charge < -0.3 is 14.5 Å². The first-order valence-corrected chi connectivity index (χ1v) is 13.4. The summed E-state index contributed by atoms with van der Waals surface area (Å²) in [5, 5.41) is 0. The van der Waals surface area contributed by atoms with Crippen molar-refractivity contribution < 1.29 is 17.9 Å². The van der Waals surface area contributed by atoms with Crippen LogP contribution in [0.15, 0.2) is 40.6 Å². The molecule has 174 valence electrons. The predicted octanol–water partition coefficient (Wildman–Crippen LogP) is 2.96. The SMILES string of the molecule is CN(Cc1ccc(N2CCOCC2)cc1)C(=O)Cc1ccc(S(=O)(=O)N2CCCCC2)s1. The van der Waals surface area contributed by atoms with Crippen LogP contribution in [-0.2, 0) is 32.5 Å². The Kier molecular flexibility index (Phi) is 7.50. The van der Waals surface area contributed by atoms with Crippen molar-refractivity contribution in [3.63, 3.8) is 0 Å². The van der Waals surface area contributed by atoms with Gasteiger partial charge in [-0.1, -0.05) is 18.6 Å². The third kappa shape index (κ3) is 5.51. The van der Waals surface area contributed by atoms with Crippen molar-refractivity contribution in [2.24, 2.45) is 0 Å². The van der Waals surface area contributed by atoms with Crippen LogP contribution >= 0.6 is 11.3 Å². The van der Waals surface area contributed by atoms with Crippen LogP contribution in [0.2, 0.25) is 0 Å². The van der Waals surface area contributed by atoms with Gasteiger partial charge >= 0.3 is 0 Å². The minimum atomic E-state index is -3.44. The van der Waals surface area contributed by atoms with E-state index in [1.54, 1.807) is 28.4 Å². The van der Waals surface area contributed by atoms with Gasteiger partial charge in [0.15, 0.2) is 0 Å². The summed E-state index contributed by atoms with van der Waals surface area (Å²) in [5.74, 6) is -0.0222. The lowest BCUT2D eigenvalue weighted by Crippen LogP contribution is -2.36. The molecule has 32 heavy (non-hydrogen) atoms. The molecule has 0 saturated carbocycles. The lowest BCUT2D eigenvalue weighted by atomic mass is 10.1. The number of hydrogen-bond acceptors (Lipinski definition) is 6. The van der Waals surface area contributed by atoms with Gasteiger partial charge in [-0.05, 0) is 42.7 Å². The lowest BCUT2D eigenvalue weighted by molar-refractivity contribution is -0.129. The highest BCUT2D eigenvalue weighted by atomic mass is 32.2. The van der Waals surface area contributed by atoms with Gasteiger partial charge in [0, 0.05) is 50.3 Å². The van der Waals surface area contributed by atoms with Gasteiger partial charge in [0.25, 0.3) is 10.0 Å². The van der Waals surface area contributed by atoms with Crippen molar-refractivity contribution in [1.29, 1.82) is 0 Å². The molecule has 1 aromatic carbocycles. The Labute approximate surface area is 194 Å². The number of anilines is 1. The largest absolute Gasteiger partial charge is 0.378 e. The van der Waals surface area contributed by atoms with Crippen molar-refractivity contribution in [2.45, 2.75) is 36.4 Å². The van der Waals surface area contributed by atoms with Crippen molar-refractivity contribution in [3.8, 4) is 0 Å². The molecule has 0 atom stereocenters. The maximum atomic E-state index is 12.8. The smallest absolute Gasteiger partial charge is 0.252 e. The molecular formula is C23H31N3O4S2. The van der Waals surface area contributed by atoms with E-state index in [9.17, 15) is 13.2 Å². The van der Waals surface area contributed by atoms with E-state index in [0.717, 1.165) is 56.0 Å². The second kappa shape index (κ2) is 10.3. The van der Waals surface area contributed by atoms with Crippen molar-refractivity contribution in [2.75, 3.05) is 51.3 Å². The van der Waals surface area contributed by atoms with Crippen LogP contribution < -0.4 is 4.90 Å². The van der Waals surface area contributed by atoms with Crippen LogP contribution in [0.1, 0.15) is 29.7 Å². The summed E-state index contributed by atoms with van der Waals surface area (Å²) in [6.45, 7) is 4.99. The van der Waals surface area contributed by atoms with Gasteiger partial charge in [0.2, 0.25) is 5.91 Å². The highest BCUT2D eigenvalue weighted by molar-refractivity contribution is 7.91. The molecule has 2 aliphatic rings. The highest BCUT2D eigenvalue weighted by Crippen LogP contribution is 2.27. The molecule has 2 saturated heterocycles. The first-order chi connectivity index (χ1) is 15.4. The highest BCUT2D eigenvalue weighted by Gasteiger charge is 2.27. The number of carbonyl (C=O) groups is 1. The second-order valence-corrected chi connectivity index (χ2v) is 11.7. The van der Waals surface area contributed by atoms with E-state index < -0.39 is 10.0 Å². The topological polar surface area (TPSA) is 70.2 Å². The molecule has 2 aromatic rings. The molecule has 0 radical (unpaired) electrons. The number of ether oxygens (including phenoxy) is 1. The summed E-state index contributed by atoms with van der Waals surface area (Å²) >= 11 is 1.21. The predicted molar refractivity (Wildman–Crippen MR) is 127 cm³/mol. The standard InChI is InChI=1S/C23H31N3O4S2/c1-24(18-19-5-7-20(8-6-19)25-13-15-30-16-14-25)22(27)17-21-9-10-23(31-21)32(28,29)26-11-3-2-4-12-26/h5-10H,2-4,11-18H2,1H3. The van der Waals surface area contributed by atoms with E-state index in [0.29, 0.717) is 23.8 Å². The number of nitrogens with zero attached hydrogens (tertiary/aromatic N) is 3. The quantitative estimate of drug-likeness (QED) is 0.613. The van der Waals surface area contributed by atoms with Gasteiger partial charge in [-0.2, -0.15) is 4.31 Å². The average molecular weight is 478 g/mol. The fourth-order valence-electron chi connectivity index (χ4n) is 4.10. The minimum absolute atomic E-state index is 0.0222. The number of piperidine rings is 1. The van der Waals surface area contributed by atoms with E-state index in [-0.39, 0.29) is 12.3 Å². The number of carbonyl (C=O) groups excluding carboxylic acids is 1. The first-order valence-electron chi connectivity index (χ1n) is 11.2. The number of benzene rings is 1. The zero-order valence-corrected chi connectivity index (χ0v) is 20.2. The molecule has 3 heterocycles. The van der Waals surface area contributed by atoms with Crippen LogP contribution in [-0.4, -0.2) is 70.0 Å². The molecule has 7 nitrogen and oxygen atoms in total. The van der Waals surface area contributed by atoms with E-state index in [2.05, 4.69) is 29.2 Å². The molecule has 2 fully saturated rings. The molecule has 9 heteroatoms. The van der Waals surface area contributed by atoms with Crippen molar-refractivity contribution in [1.82, 2.24) is 9.21 Å². The fraction of sp³-hybridized carbons (Fsp3) is 0.522. The third-order valence-electron chi connectivity index (χ3n) is 6.03. The monoisotopic (exact) mass is 477 g/mol. The molecular weight excluding hydrogens is 446 g/mol. The van der Waals surface area contributed by atoms with Gasteiger partial charge in [0.1, 0.15) is 4.21 Å². The Morgan fingerprint density at radius 3 is 2.38 bits per heavy atom. The number of likely N-dealkylation sites (N-methyl/N-ethyl adjacent to an activating group) is 1. The van der Waals surface area contributed by atoms with Gasteiger partial charge in [0.05, 0.1) is 19.6 Å². The van der Waals surface area contributed by atoms with Crippen LogP contribution in [0, 0.1) is 0 Å². The second-order valence-electron chi connectivity index (χ2n) is 8.38. The Morgan fingerprint density at radius 1 is 1.00 bits per heavy atom. The van der Waals surface area contributed by atoms with Gasteiger partial charge in [-0.3, -0.25) is 4.79 Å². The molecule has 0 spiro atoms. The summed E-state index contributed by atoms with van der Waals surface area (Å²) in [6, 6.07) is 11.7. The van der Waals surface area contributed by atoms with Gasteiger partial charge in [-0.15, -0.1) is 11.3 Å². The Bertz CT molecular complexity index is 1010. The molecule has 0 N–H and O–H groups in total. The Balaban J connectivity index is 1.33. The zero-order valence-electron chi connectivity index (χ0n) is 18.5. The molecule has 0 unspecified atom stereocenters. The van der Waals surface area contributed by atoms with Crippen molar-refractivity contribution >= 4 is 33.0 Å². The number of sulfonamides is 1. The number of thiophene rings is 1. The maximum absolute atomic E-state index is 12.8. The molecule has 4 rings (SSSR count). The third-order valence-corrected chi connectivity index (χ3v) is 9.48. The number of hydrogen-bond donors (Lipinski definition) is 0. The molecule has 0 bridgehead atoms. The zero-order chi connectivity index (χ0) is 22.6. The number of rotatable bonds is 7. The number of morpholine rings is 1. The van der Waals surface area contributed by atoms with Crippen LogP contribution in [0.5, 0.6) is 0 Å². The summed E-state index contributed by atoms with van der Waals surface area (Å²) < 4.78 is 33.0. The Hall–Kier alpha value is -1.94. The minimum Gasteiger partial charge on any atom is -0.378 e. The molecule has 1 aromatic heterocycles. The van der Waals surface area contributed by atoms with Crippen LogP contribution in [0.25, 0.3) is 0 Å². The van der Waals surface area contributed by atoms with E-state index in [1.165, 1.54) is 17.0 Å². The Morgan fingerprint density at radius 2 is 1.69 bits per heavy atom. The normalized spacial score (nSPS) is 18.0. The first kappa shape index (κ1) is 23.2. The molecule has 1 amide bonds. The summed E-state index contributed by atoms with van der Waals surface area (Å²) in [6.07, 6.45) is 3.11. The lowest BCUT2D eigenvalue weighted by Gasteiger charge is -2.29. The number of amides is 1. The maximum Gasteiger partial charge on any atom is 0.252 e. The summed E-state index contributed by atoms with van der Waals surface area (Å²) in [7, 11) is -1.66.